The summed E-state index contributed by atoms with van der Waals surface area (Å²) in [6.45, 7) is 1.43. The van der Waals surface area contributed by atoms with Gasteiger partial charge in [-0.25, -0.2) is 21.6 Å². The Hall–Kier alpha value is -2.75. The number of carbonyl (C=O) groups excluding carboxylic acids is 1. The van der Waals surface area contributed by atoms with E-state index in [9.17, 15) is 26.4 Å². The van der Waals surface area contributed by atoms with Crippen molar-refractivity contribution in [3.8, 4) is 5.75 Å². The molecule has 0 fully saturated rings. The predicted octanol–water partition coefficient (Wildman–Crippen LogP) is 2.91. The lowest BCUT2D eigenvalue weighted by Crippen LogP contribution is -2.29. The molecule has 0 aliphatic rings. The first-order valence-electron chi connectivity index (χ1n) is 7.77. The second-order valence-corrected chi connectivity index (χ2v) is 7.39. The molecule has 0 bridgehead atoms. The van der Waals surface area contributed by atoms with Gasteiger partial charge in [-0.15, -0.1) is 0 Å². The summed E-state index contributed by atoms with van der Waals surface area (Å²) < 4.78 is 69.2. The summed E-state index contributed by atoms with van der Waals surface area (Å²) in [6, 6.07) is 7.53. The highest BCUT2D eigenvalue weighted by Crippen LogP contribution is 2.22. The molecule has 0 aliphatic heterocycles. The molecule has 0 heterocycles. The van der Waals surface area contributed by atoms with Crippen LogP contribution in [-0.4, -0.2) is 33.7 Å². The number of amides is 1. The lowest BCUT2D eigenvalue weighted by molar-refractivity contribution is -0.118. The van der Waals surface area contributed by atoms with Crippen LogP contribution in [-0.2, 0) is 14.8 Å². The minimum atomic E-state index is -3.42. The van der Waals surface area contributed by atoms with Gasteiger partial charge in [-0.1, -0.05) is 0 Å². The highest BCUT2D eigenvalue weighted by molar-refractivity contribution is 7.92. The molecule has 146 valence electrons. The molecule has 1 amide bonds. The predicted molar refractivity (Wildman–Crippen MR) is 94.7 cm³/mol. The van der Waals surface area contributed by atoms with Gasteiger partial charge in [0.1, 0.15) is 5.75 Å². The van der Waals surface area contributed by atoms with E-state index in [0.717, 1.165) is 12.3 Å². The van der Waals surface area contributed by atoms with Crippen molar-refractivity contribution in [2.75, 3.05) is 29.0 Å². The summed E-state index contributed by atoms with van der Waals surface area (Å²) in [5.41, 5.74) is -0.0785. The van der Waals surface area contributed by atoms with Crippen molar-refractivity contribution in [1.82, 2.24) is 0 Å². The summed E-state index contributed by atoms with van der Waals surface area (Å²) in [4.78, 5) is 11.8. The average molecular weight is 402 g/mol. The van der Waals surface area contributed by atoms with Crippen molar-refractivity contribution >= 4 is 27.3 Å². The summed E-state index contributed by atoms with van der Waals surface area (Å²) in [6.07, 6.45) is 1.09. The van der Waals surface area contributed by atoms with E-state index in [4.69, 9.17) is 4.74 Å². The number of halogens is 3. The quantitative estimate of drug-likeness (QED) is 0.723. The van der Waals surface area contributed by atoms with Gasteiger partial charge in [-0.3, -0.25) is 9.10 Å². The van der Waals surface area contributed by atoms with E-state index in [1.807, 2.05) is 0 Å². The molecular formula is C17H17F3N2O4S. The maximum atomic E-state index is 13.5. The van der Waals surface area contributed by atoms with E-state index in [0.29, 0.717) is 11.8 Å². The van der Waals surface area contributed by atoms with E-state index >= 15 is 0 Å². The second kappa shape index (κ2) is 8.30. The third-order valence-corrected chi connectivity index (χ3v) is 4.76. The van der Waals surface area contributed by atoms with Crippen molar-refractivity contribution < 1.29 is 31.1 Å². The Morgan fingerprint density at radius 3 is 2.26 bits per heavy atom. The number of ether oxygens (including phenoxy) is 1. The molecule has 0 unspecified atom stereocenters. The Morgan fingerprint density at radius 2 is 1.70 bits per heavy atom. The van der Waals surface area contributed by atoms with Crippen LogP contribution in [0.15, 0.2) is 36.4 Å². The second-order valence-electron chi connectivity index (χ2n) is 5.48. The van der Waals surface area contributed by atoms with E-state index in [1.54, 1.807) is 6.92 Å². The number of sulfonamides is 1. The zero-order valence-corrected chi connectivity index (χ0v) is 15.3. The highest BCUT2D eigenvalue weighted by atomic mass is 32.2. The van der Waals surface area contributed by atoms with Crippen molar-refractivity contribution in [3.05, 3.63) is 53.8 Å². The summed E-state index contributed by atoms with van der Waals surface area (Å²) in [5, 5.41) is 2.07. The van der Waals surface area contributed by atoms with Gasteiger partial charge in [0.15, 0.2) is 24.1 Å². The van der Waals surface area contributed by atoms with Crippen LogP contribution in [0.5, 0.6) is 5.75 Å². The molecule has 0 aromatic heterocycles. The molecule has 2 aromatic carbocycles. The maximum Gasteiger partial charge on any atom is 0.262 e. The zero-order valence-electron chi connectivity index (χ0n) is 14.5. The largest absolute Gasteiger partial charge is 0.484 e. The van der Waals surface area contributed by atoms with Gasteiger partial charge in [0.25, 0.3) is 5.91 Å². The van der Waals surface area contributed by atoms with Crippen LogP contribution in [0.1, 0.15) is 6.92 Å². The number of carbonyl (C=O) groups is 1. The number of rotatable bonds is 7. The summed E-state index contributed by atoms with van der Waals surface area (Å²) in [5.74, 6) is -5.07. The summed E-state index contributed by atoms with van der Waals surface area (Å²) in [7, 11) is -3.42. The normalized spacial score (nSPS) is 11.1. The molecule has 0 spiro atoms. The topological polar surface area (TPSA) is 75.7 Å². The van der Waals surface area contributed by atoms with Crippen molar-refractivity contribution in [1.29, 1.82) is 0 Å². The molecule has 27 heavy (non-hydrogen) atoms. The van der Waals surface area contributed by atoms with Gasteiger partial charge < -0.3 is 10.1 Å². The smallest absolute Gasteiger partial charge is 0.262 e. The average Bonchev–Trinajstić information content (AvgIpc) is 2.61. The molecule has 0 aliphatic carbocycles. The van der Waals surface area contributed by atoms with E-state index in [2.05, 4.69) is 5.32 Å². The standard InChI is InChI=1S/C17H17F3N2O4S/c1-3-22(27(2,24)25)11-4-6-12(7-5-11)26-10-15(23)21-14-9-8-13(18)16(19)17(14)20/h4-9H,3,10H2,1-2H3,(H,21,23). The fraction of sp³-hybridized carbons (Fsp3) is 0.235. The van der Waals surface area contributed by atoms with Crippen molar-refractivity contribution in [2.45, 2.75) is 6.92 Å². The van der Waals surface area contributed by atoms with Crippen LogP contribution in [0.4, 0.5) is 24.5 Å². The molecule has 0 atom stereocenters. The highest BCUT2D eigenvalue weighted by Gasteiger charge is 2.16. The zero-order chi connectivity index (χ0) is 20.2. The lowest BCUT2D eigenvalue weighted by Gasteiger charge is -2.20. The molecule has 1 N–H and O–H groups in total. The number of hydrogen-bond acceptors (Lipinski definition) is 4. The third-order valence-electron chi connectivity index (χ3n) is 3.49. The van der Waals surface area contributed by atoms with Crippen LogP contribution < -0.4 is 14.4 Å². The molecule has 0 radical (unpaired) electrons. The number of nitrogens with one attached hydrogen (secondary N) is 1. The number of benzene rings is 2. The van der Waals surface area contributed by atoms with Crippen LogP contribution in [0.2, 0.25) is 0 Å². The molecule has 2 aromatic rings. The first kappa shape index (κ1) is 20.6. The number of hydrogen-bond donors (Lipinski definition) is 1. The number of anilines is 2. The molecule has 6 nitrogen and oxygen atoms in total. The first-order valence-corrected chi connectivity index (χ1v) is 9.62. The van der Waals surface area contributed by atoms with Gasteiger partial charge >= 0.3 is 0 Å². The first-order chi connectivity index (χ1) is 12.6. The van der Waals surface area contributed by atoms with Crippen molar-refractivity contribution in [2.24, 2.45) is 0 Å². The molecular weight excluding hydrogens is 385 g/mol. The Balaban J connectivity index is 1.99. The van der Waals surface area contributed by atoms with Crippen molar-refractivity contribution in [3.63, 3.8) is 0 Å². The van der Waals surface area contributed by atoms with Gasteiger partial charge in [0.05, 0.1) is 17.6 Å². The minimum absolute atomic E-state index is 0.251. The van der Waals surface area contributed by atoms with Gasteiger partial charge in [0.2, 0.25) is 10.0 Å². The maximum absolute atomic E-state index is 13.5. The minimum Gasteiger partial charge on any atom is -0.484 e. The Labute approximate surface area is 154 Å². The Kier molecular flexibility index (Phi) is 6.32. The Bertz CT molecular complexity index is 934. The van der Waals surface area contributed by atoms with E-state index in [1.165, 1.54) is 28.6 Å². The molecule has 2 rings (SSSR count). The van der Waals surface area contributed by atoms with Gasteiger partial charge in [-0.05, 0) is 43.3 Å². The molecule has 0 saturated heterocycles. The van der Waals surface area contributed by atoms with Crippen LogP contribution in [0, 0.1) is 17.5 Å². The molecule has 0 saturated carbocycles. The fourth-order valence-electron chi connectivity index (χ4n) is 2.27. The molecule has 10 heteroatoms. The lowest BCUT2D eigenvalue weighted by atomic mass is 10.2. The Morgan fingerprint density at radius 1 is 1.07 bits per heavy atom. The number of nitrogens with zero attached hydrogens (tertiary/aromatic N) is 1. The van der Waals surface area contributed by atoms with E-state index in [-0.39, 0.29) is 12.3 Å². The van der Waals surface area contributed by atoms with E-state index < -0.39 is 45.7 Å². The van der Waals surface area contributed by atoms with Crippen LogP contribution in [0.3, 0.4) is 0 Å². The van der Waals surface area contributed by atoms with Gasteiger partial charge in [-0.2, -0.15) is 0 Å². The summed E-state index contributed by atoms with van der Waals surface area (Å²) >= 11 is 0. The monoisotopic (exact) mass is 402 g/mol. The van der Waals surface area contributed by atoms with Crippen LogP contribution in [0.25, 0.3) is 0 Å². The SMILES string of the molecule is CCN(c1ccc(OCC(=O)Nc2ccc(F)c(F)c2F)cc1)S(C)(=O)=O. The third kappa shape index (κ3) is 5.13. The van der Waals surface area contributed by atoms with Crippen LogP contribution >= 0.6 is 0 Å². The fourth-order valence-corrected chi connectivity index (χ4v) is 3.25. The van der Waals surface area contributed by atoms with Gasteiger partial charge in [0, 0.05) is 6.54 Å².